The third kappa shape index (κ3) is 5.87. The van der Waals surface area contributed by atoms with Crippen LogP contribution in [0.4, 0.5) is 11.6 Å². The molecule has 0 bridgehead atoms. The van der Waals surface area contributed by atoms with Crippen molar-refractivity contribution in [2.75, 3.05) is 30.7 Å². The molecule has 0 aliphatic heterocycles. The van der Waals surface area contributed by atoms with Crippen molar-refractivity contribution in [3.05, 3.63) is 11.9 Å². The zero-order valence-electron chi connectivity index (χ0n) is 14.0. The first-order chi connectivity index (χ1) is 10.1. The van der Waals surface area contributed by atoms with Crippen molar-refractivity contribution in [3.63, 3.8) is 0 Å². The average molecular weight is 293 g/mol. The molecule has 0 aromatic carbocycles. The number of rotatable bonds is 10. The number of nitrogens with two attached hydrogens (primary N) is 1. The average Bonchev–Trinajstić information content (AvgIpc) is 2.47. The second-order valence-corrected chi connectivity index (χ2v) is 5.55. The van der Waals surface area contributed by atoms with E-state index >= 15 is 0 Å². The lowest BCUT2D eigenvalue weighted by Gasteiger charge is -2.21. The predicted octanol–water partition coefficient (Wildman–Crippen LogP) is 2.93. The Balaban J connectivity index is 2.51. The van der Waals surface area contributed by atoms with E-state index < -0.39 is 0 Å². The van der Waals surface area contributed by atoms with E-state index in [4.69, 9.17) is 5.73 Å². The monoisotopic (exact) mass is 293 g/mol. The summed E-state index contributed by atoms with van der Waals surface area (Å²) in [6.07, 6.45) is 5.83. The molecule has 0 fully saturated rings. The lowest BCUT2D eigenvalue weighted by Crippen LogP contribution is -2.26. The van der Waals surface area contributed by atoms with Crippen LogP contribution < -0.4 is 11.1 Å². The molecule has 1 aromatic heterocycles. The number of aromatic nitrogens is 2. The smallest absolute Gasteiger partial charge is 0.134 e. The fraction of sp³-hybridized carbons (Fsp3) is 0.750. The van der Waals surface area contributed by atoms with E-state index in [1.165, 1.54) is 6.42 Å². The van der Waals surface area contributed by atoms with Crippen LogP contribution in [0.25, 0.3) is 0 Å². The minimum absolute atomic E-state index is 0.394. The highest BCUT2D eigenvalue weighted by molar-refractivity contribution is 5.55. The second-order valence-electron chi connectivity index (χ2n) is 5.55. The van der Waals surface area contributed by atoms with Crippen LogP contribution in [-0.4, -0.2) is 40.5 Å². The first kappa shape index (κ1) is 17.7. The van der Waals surface area contributed by atoms with Gasteiger partial charge in [0.25, 0.3) is 0 Å². The summed E-state index contributed by atoms with van der Waals surface area (Å²) in [5.74, 6) is 1.50. The fourth-order valence-electron chi connectivity index (χ4n) is 2.51. The van der Waals surface area contributed by atoms with Gasteiger partial charge in [-0.3, -0.25) is 0 Å². The second kappa shape index (κ2) is 9.55. The zero-order chi connectivity index (χ0) is 15.7. The van der Waals surface area contributed by atoms with E-state index in [1.54, 1.807) is 6.33 Å². The van der Waals surface area contributed by atoms with E-state index in [9.17, 15) is 0 Å². The van der Waals surface area contributed by atoms with Crippen LogP contribution in [0.1, 0.15) is 52.5 Å². The molecule has 0 saturated carbocycles. The summed E-state index contributed by atoms with van der Waals surface area (Å²) in [4.78, 5) is 10.9. The van der Waals surface area contributed by atoms with Gasteiger partial charge in [-0.15, -0.1) is 0 Å². The highest BCUT2D eigenvalue weighted by atomic mass is 15.1. The molecule has 21 heavy (non-hydrogen) atoms. The van der Waals surface area contributed by atoms with Crippen LogP contribution in [0.3, 0.4) is 0 Å². The molecule has 1 heterocycles. The van der Waals surface area contributed by atoms with E-state index in [0.29, 0.717) is 11.9 Å². The molecule has 0 amide bonds. The van der Waals surface area contributed by atoms with Gasteiger partial charge < -0.3 is 16.0 Å². The van der Waals surface area contributed by atoms with E-state index in [-0.39, 0.29) is 0 Å². The molecule has 5 nitrogen and oxygen atoms in total. The molecule has 0 spiro atoms. The topological polar surface area (TPSA) is 67.1 Å². The number of nitrogen functional groups attached to an aromatic ring is 1. The number of hydrogen-bond acceptors (Lipinski definition) is 5. The first-order valence-electron chi connectivity index (χ1n) is 8.20. The summed E-state index contributed by atoms with van der Waals surface area (Å²) in [6, 6.07) is 0.394. The van der Waals surface area contributed by atoms with Crippen molar-refractivity contribution in [2.45, 2.75) is 59.4 Å². The first-order valence-corrected chi connectivity index (χ1v) is 8.20. The Morgan fingerprint density at radius 2 is 1.95 bits per heavy atom. The Hall–Kier alpha value is -1.36. The van der Waals surface area contributed by atoms with Crippen molar-refractivity contribution in [1.29, 1.82) is 0 Å². The van der Waals surface area contributed by atoms with Crippen LogP contribution in [0, 0.1) is 0 Å². The third-order valence-electron chi connectivity index (χ3n) is 3.87. The van der Waals surface area contributed by atoms with Crippen molar-refractivity contribution in [1.82, 2.24) is 14.9 Å². The summed E-state index contributed by atoms with van der Waals surface area (Å²) < 4.78 is 0. The van der Waals surface area contributed by atoms with Crippen LogP contribution >= 0.6 is 0 Å². The summed E-state index contributed by atoms with van der Waals surface area (Å²) in [6.45, 7) is 12.2. The molecule has 120 valence electrons. The van der Waals surface area contributed by atoms with Gasteiger partial charge >= 0.3 is 0 Å². The van der Waals surface area contributed by atoms with Crippen molar-refractivity contribution in [3.8, 4) is 0 Å². The molecule has 1 atom stereocenters. The van der Waals surface area contributed by atoms with Gasteiger partial charge in [-0.2, -0.15) is 0 Å². The minimum atomic E-state index is 0.394. The standard InChI is InChI=1S/C16H31N5/c1-5-9-14-15(17)18-12-19-16(14)20-13(4)10-8-11-21(6-2)7-3/h12-13H,5-11H2,1-4H3,(H3,17,18,19,20). The maximum Gasteiger partial charge on any atom is 0.134 e. The zero-order valence-corrected chi connectivity index (χ0v) is 14.0. The van der Waals surface area contributed by atoms with Crippen LogP contribution in [0.15, 0.2) is 6.33 Å². The highest BCUT2D eigenvalue weighted by Crippen LogP contribution is 2.20. The summed E-state index contributed by atoms with van der Waals surface area (Å²) in [7, 11) is 0. The Morgan fingerprint density at radius 1 is 1.24 bits per heavy atom. The summed E-state index contributed by atoms with van der Waals surface area (Å²) >= 11 is 0. The molecular formula is C16H31N5. The van der Waals surface area contributed by atoms with Gasteiger partial charge in [0.2, 0.25) is 0 Å². The van der Waals surface area contributed by atoms with Crippen LogP contribution in [0.5, 0.6) is 0 Å². The number of nitrogens with zero attached hydrogens (tertiary/aromatic N) is 3. The lowest BCUT2D eigenvalue weighted by atomic mass is 10.1. The molecule has 1 aromatic rings. The Bertz CT molecular complexity index is 404. The predicted molar refractivity (Wildman–Crippen MR) is 90.5 cm³/mol. The number of nitrogens with one attached hydrogen (secondary N) is 1. The van der Waals surface area contributed by atoms with Gasteiger partial charge in [0.05, 0.1) is 0 Å². The Morgan fingerprint density at radius 3 is 2.57 bits per heavy atom. The maximum absolute atomic E-state index is 5.96. The number of anilines is 2. The minimum Gasteiger partial charge on any atom is -0.383 e. The molecule has 1 unspecified atom stereocenters. The van der Waals surface area contributed by atoms with Gasteiger partial charge in [0.1, 0.15) is 18.0 Å². The van der Waals surface area contributed by atoms with Crippen molar-refractivity contribution >= 4 is 11.6 Å². The van der Waals surface area contributed by atoms with E-state index in [0.717, 1.165) is 50.3 Å². The quantitative estimate of drug-likeness (QED) is 0.694. The molecule has 1 rings (SSSR count). The molecular weight excluding hydrogens is 262 g/mol. The molecule has 3 N–H and O–H groups in total. The molecule has 5 heteroatoms. The highest BCUT2D eigenvalue weighted by Gasteiger charge is 2.11. The Kier molecular flexibility index (Phi) is 8.05. The van der Waals surface area contributed by atoms with Crippen molar-refractivity contribution < 1.29 is 0 Å². The molecule has 0 saturated heterocycles. The van der Waals surface area contributed by atoms with Gasteiger partial charge in [0.15, 0.2) is 0 Å². The van der Waals surface area contributed by atoms with E-state index in [2.05, 4.69) is 47.9 Å². The summed E-state index contributed by atoms with van der Waals surface area (Å²) in [5.41, 5.74) is 7.01. The van der Waals surface area contributed by atoms with Gasteiger partial charge in [0, 0.05) is 11.6 Å². The SMILES string of the molecule is CCCc1c(N)ncnc1NC(C)CCCN(CC)CC. The van der Waals surface area contributed by atoms with Gasteiger partial charge in [-0.1, -0.05) is 27.2 Å². The van der Waals surface area contributed by atoms with Gasteiger partial charge in [-0.25, -0.2) is 9.97 Å². The van der Waals surface area contributed by atoms with Gasteiger partial charge in [-0.05, 0) is 45.8 Å². The molecule has 0 radical (unpaired) electrons. The van der Waals surface area contributed by atoms with E-state index in [1.807, 2.05) is 0 Å². The molecule has 0 aliphatic carbocycles. The normalized spacial score (nSPS) is 12.6. The molecule has 0 aliphatic rings. The Labute approximate surface area is 129 Å². The largest absolute Gasteiger partial charge is 0.383 e. The van der Waals surface area contributed by atoms with Crippen molar-refractivity contribution in [2.24, 2.45) is 0 Å². The number of hydrogen-bond donors (Lipinski definition) is 2. The lowest BCUT2D eigenvalue weighted by molar-refractivity contribution is 0.295. The van der Waals surface area contributed by atoms with Crippen LogP contribution in [-0.2, 0) is 6.42 Å². The fourth-order valence-corrected chi connectivity index (χ4v) is 2.51. The summed E-state index contributed by atoms with van der Waals surface area (Å²) in [5, 5.41) is 3.50. The third-order valence-corrected chi connectivity index (χ3v) is 3.87. The maximum atomic E-state index is 5.96. The van der Waals surface area contributed by atoms with Crippen LogP contribution in [0.2, 0.25) is 0 Å².